The van der Waals surface area contributed by atoms with Gasteiger partial charge in [0.1, 0.15) is 0 Å². The van der Waals surface area contributed by atoms with Gasteiger partial charge in [-0.25, -0.2) is 0 Å². The van der Waals surface area contributed by atoms with Crippen LogP contribution < -0.4 is 11.2 Å². The summed E-state index contributed by atoms with van der Waals surface area (Å²) in [5.74, 6) is -0.496. The molecule has 0 radical (unpaired) electrons. The van der Waals surface area contributed by atoms with Gasteiger partial charge in [0.2, 0.25) is 5.91 Å². The first kappa shape index (κ1) is 14.0. The highest BCUT2D eigenvalue weighted by atomic mass is 16.7. The molecule has 0 aromatic carbocycles. The zero-order chi connectivity index (χ0) is 14.4. The molecule has 5 nitrogen and oxygen atoms in total. The Kier molecular flexibility index (Phi) is 3.19. The number of rotatable bonds is 2. The molecule has 1 aliphatic rings. The van der Waals surface area contributed by atoms with Crippen LogP contribution in [0.5, 0.6) is 0 Å². The molecule has 1 fully saturated rings. The second kappa shape index (κ2) is 4.32. The first-order chi connectivity index (χ1) is 8.66. The van der Waals surface area contributed by atoms with Crippen LogP contribution in [0, 0.1) is 6.92 Å². The van der Waals surface area contributed by atoms with E-state index in [2.05, 4.69) is 4.98 Å². The van der Waals surface area contributed by atoms with Gasteiger partial charge in [0, 0.05) is 23.4 Å². The van der Waals surface area contributed by atoms with Crippen LogP contribution in [-0.2, 0) is 9.31 Å². The highest BCUT2D eigenvalue weighted by Crippen LogP contribution is 2.36. The third kappa shape index (κ3) is 2.26. The highest BCUT2D eigenvalue weighted by molar-refractivity contribution is 6.63. The Morgan fingerprint density at radius 1 is 1.21 bits per heavy atom. The molecule has 2 heterocycles. The summed E-state index contributed by atoms with van der Waals surface area (Å²) in [4.78, 5) is 15.7. The molecular weight excluding hydrogens is 243 g/mol. The van der Waals surface area contributed by atoms with Crippen molar-refractivity contribution in [3.8, 4) is 0 Å². The average molecular weight is 262 g/mol. The number of pyridine rings is 1. The van der Waals surface area contributed by atoms with Gasteiger partial charge in [0.05, 0.1) is 11.2 Å². The number of carbonyl (C=O) groups excluding carboxylic acids is 1. The minimum atomic E-state index is -0.625. The number of amides is 1. The maximum atomic E-state index is 11.6. The van der Waals surface area contributed by atoms with Gasteiger partial charge in [0.15, 0.2) is 0 Å². The third-order valence-corrected chi connectivity index (χ3v) is 3.92. The normalized spacial score (nSPS) is 20.6. The van der Waals surface area contributed by atoms with Crippen molar-refractivity contribution in [3.63, 3.8) is 0 Å². The van der Waals surface area contributed by atoms with E-state index in [-0.39, 0.29) is 0 Å². The van der Waals surface area contributed by atoms with E-state index in [1.54, 1.807) is 19.3 Å². The van der Waals surface area contributed by atoms with Gasteiger partial charge in [-0.3, -0.25) is 9.78 Å². The van der Waals surface area contributed by atoms with Gasteiger partial charge in [-0.15, -0.1) is 0 Å². The molecule has 1 aromatic rings. The van der Waals surface area contributed by atoms with E-state index in [9.17, 15) is 4.79 Å². The molecule has 2 N–H and O–H groups in total. The molecular formula is C13H19BN2O3. The topological polar surface area (TPSA) is 74.4 Å². The summed E-state index contributed by atoms with van der Waals surface area (Å²) >= 11 is 0. The van der Waals surface area contributed by atoms with Gasteiger partial charge in [-0.05, 0) is 40.2 Å². The van der Waals surface area contributed by atoms with Crippen LogP contribution in [0.1, 0.15) is 43.6 Å². The number of hydrogen-bond donors (Lipinski definition) is 1. The molecule has 2 rings (SSSR count). The molecule has 19 heavy (non-hydrogen) atoms. The van der Waals surface area contributed by atoms with Crippen molar-refractivity contribution < 1.29 is 14.1 Å². The smallest absolute Gasteiger partial charge is 0.399 e. The van der Waals surface area contributed by atoms with Crippen LogP contribution in [0.2, 0.25) is 0 Å². The van der Waals surface area contributed by atoms with Crippen molar-refractivity contribution in [3.05, 3.63) is 23.5 Å². The van der Waals surface area contributed by atoms with E-state index in [1.165, 1.54) is 0 Å². The molecule has 102 valence electrons. The fourth-order valence-corrected chi connectivity index (χ4v) is 2.07. The zero-order valence-electron chi connectivity index (χ0n) is 12.0. The molecule has 1 aliphatic heterocycles. The second-order valence-electron chi connectivity index (χ2n) is 5.87. The van der Waals surface area contributed by atoms with Crippen LogP contribution in [0.4, 0.5) is 0 Å². The summed E-state index contributed by atoms with van der Waals surface area (Å²) < 4.78 is 11.9. The maximum Gasteiger partial charge on any atom is 0.497 e. The molecule has 1 saturated heterocycles. The van der Waals surface area contributed by atoms with Gasteiger partial charge in [0.25, 0.3) is 0 Å². The van der Waals surface area contributed by atoms with Crippen molar-refractivity contribution in [2.45, 2.75) is 45.8 Å². The van der Waals surface area contributed by atoms with Crippen molar-refractivity contribution >= 4 is 18.5 Å². The Balaban J connectivity index is 2.46. The number of carbonyl (C=O) groups is 1. The molecule has 0 spiro atoms. The summed E-state index contributed by atoms with van der Waals surface area (Å²) in [6.45, 7) is 9.63. The Bertz CT molecular complexity index is 513. The zero-order valence-corrected chi connectivity index (χ0v) is 12.0. The monoisotopic (exact) mass is 262 g/mol. The minimum absolute atomic E-state index is 0.425. The molecule has 6 heteroatoms. The summed E-state index contributed by atoms with van der Waals surface area (Å²) in [7, 11) is -0.625. The lowest BCUT2D eigenvalue weighted by Gasteiger charge is -2.32. The van der Waals surface area contributed by atoms with Crippen LogP contribution >= 0.6 is 0 Å². The van der Waals surface area contributed by atoms with Crippen molar-refractivity contribution in [2.75, 3.05) is 0 Å². The maximum absolute atomic E-state index is 11.6. The average Bonchev–Trinajstić information content (AvgIpc) is 2.47. The molecule has 0 unspecified atom stereocenters. The van der Waals surface area contributed by atoms with Gasteiger partial charge in [-0.2, -0.15) is 0 Å². The second-order valence-corrected chi connectivity index (χ2v) is 5.87. The molecule has 0 saturated carbocycles. The first-order valence-electron chi connectivity index (χ1n) is 6.25. The summed E-state index contributed by atoms with van der Waals surface area (Å²) in [6.07, 6.45) is 3.18. The third-order valence-electron chi connectivity index (χ3n) is 3.92. The number of primary amides is 1. The van der Waals surface area contributed by atoms with E-state index in [1.807, 2.05) is 27.7 Å². The lowest BCUT2D eigenvalue weighted by molar-refractivity contribution is 0.00578. The van der Waals surface area contributed by atoms with Crippen LogP contribution in [0.25, 0.3) is 0 Å². The summed E-state index contributed by atoms with van der Waals surface area (Å²) in [5.41, 5.74) is 6.25. The quantitative estimate of drug-likeness (QED) is 0.799. The molecule has 0 aliphatic carbocycles. The summed E-state index contributed by atoms with van der Waals surface area (Å²) in [5, 5.41) is 0. The van der Waals surface area contributed by atoms with Crippen LogP contribution in [0.15, 0.2) is 12.4 Å². The van der Waals surface area contributed by atoms with E-state index in [4.69, 9.17) is 15.0 Å². The largest absolute Gasteiger partial charge is 0.497 e. The number of aryl methyl sites for hydroxylation is 1. The fourth-order valence-electron chi connectivity index (χ4n) is 2.07. The number of nitrogens with zero attached hydrogens (tertiary/aromatic N) is 1. The predicted molar refractivity (Wildman–Crippen MR) is 73.2 cm³/mol. The standard InChI is InChI=1S/C13H19BN2O3/c1-8-6-16-7-9(10(8)11(15)17)14-18-12(2,3)13(4,5)19-14/h6-7H,1-5H3,(H2,15,17). The minimum Gasteiger partial charge on any atom is -0.399 e. The molecule has 1 amide bonds. The van der Waals surface area contributed by atoms with Crippen LogP contribution in [0.3, 0.4) is 0 Å². The Morgan fingerprint density at radius 3 is 2.21 bits per heavy atom. The van der Waals surface area contributed by atoms with Crippen LogP contribution in [-0.4, -0.2) is 29.2 Å². The predicted octanol–water partition coefficient (Wildman–Crippen LogP) is 0.788. The highest BCUT2D eigenvalue weighted by Gasteiger charge is 2.52. The number of nitrogens with two attached hydrogens (primary N) is 1. The Hall–Kier alpha value is -1.40. The first-order valence-corrected chi connectivity index (χ1v) is 6.25. The molecule has 1 aromatic heterocycles. The van der Waals surface area contributed by atoms with E-state index in [0.717, 1.165) is 5.56 Å². The van der Waals surface area contributed by atoms with Gasteiger partial charge < -0.3 is 15.0 Å². The molecule has 0 atom stereocenters. The lowest BCUT2D eigenvalue weighted by atomic mass is 9.76. The van der Waals surface area contributed by atoms with Crippen molar-refractivity contribution in [1.82, 2.24) is 4.98 Å². The summed E-state index contributed by atoms with van der Waals surface area (Å²) in [6, 6.07) is 0. The Labute approximate surface area is 113 Å². The molecule has 0 bridgehead atoms. The van der Waals surface area contributed by atoms with E-state index >= 15 is 0 Å². The van der Waals surface area contributed by atoms with E-state index < -0.39 is 24.2 Å². The fraction of sp³-hybridized carbons (Fsp3) is 0.538. The number of aromatic nitrogens is 1. The lowest BCUT2D eigenvalue weighted by Crippen LogP contribution is -2.41. The SMILES string of the molecule is Cc1cncc(B2OC(C)(C)C(C)(C)O2)c1C(N)=O. The van der Waals surface area contributed by atoms with Gasteiger partial charge >= 0.3 is 7.12 Å². The van der Waals surface area contributed by atoms with Crippen molar-refractivity contribution in [1.29, 1.82) is 0 Å². The van der Waals surface area contributed by atoms with E-state index in [0.29, 0.717) is 11.0 Å². The van der Waals surface area contributed by atoms with Crippen molar-refractivity contribution in [2.24, 2.45) is 5.73 Å². The van der Waals surface area contributed by atoms with Gasteiger partial charge in [-0.1, -0.05) is 0 Å². The Morgan fingerprint density at radius 2 is 1.74 bits per heavy atom. The number of hydrogen-bond acceptors (Lipinski definition) is 4.